The van der Waals surface area contributed by atoms with Gasteiger partial charge in [-0.15, -0.1) is 0 Å². The molecule has 0 aliphatic carbocycles. The normalized spacial score (nSPS) is 12.5. The van der Waals surface area contributed by atoms with Crippen LogP contribution in [0.5, 0.6) is 0 Å². The van der Waals surface area contributed by atoms with Crippen LogP contribution in [0.4, 0.5) is 4.39 Å². The molecule has 0 spiro atoms. The van der Waals surface area contributed by atoms with Gasteiger partial charge >= 0.3 is 0 Å². The van der Waals surface area contributed by atoms with E-state index in [2.05, 4.69) is 54.2 Å². The summed E-state index contributed by atoms with van der Waals surface area (Å²) in [5.74, 6) is -0.185. The Morgan fingerprint density at radius 2 is 1.71 bits per heavy atom. The van der Waals surface area contributed by atoms with Gasteiger partial charge in [-0.3, -0.25) is 0 Å². The molecular formula is C18H21BrFN. The zero-order chi connectivity index (χ0) is 15.6. The van der Waals surface area contributed by atoms with Crippen molar-refractivity contribution < 1.29 is 4.39 Å². The summed E-state index contributed by atoms with van der Waals surface area (Å²) in [7, 11) is 0. The van der Waals surface area contributed by atoms with Crippen molar-refractivity contribution in [1.82, 2.24) is 5.32 Å². The van der Waals surface area contributed by atoms with Crippen LogP contribution in [-0.4, -0.2) is 6.54 Å². The molecule has 1 N–H and O–H groups in total. The van der Waals surface area contributed by atoms with E-state index in [-0.39, 0.29) is 11.9 Å². The minimum Gasteiger partial charge on any atom is -0.306 e. The van der Waals surface area contributed by atoms with Crippen molar-refractivity contribution in [2.24, 2.45) is 0 Å². The van der Waals surface area contributed by atoms with Crippen molar-refractivity contribution in [2.75, 3.05) is 6.54 Å². The summed E-state index contributed by atoms with van der Waals surface area (Å²) in [6.07, 6.45) is 0. The van der Waals surface area contributed by atoms with E-state index in [1.54, 1.807) is 0 Å². The highest BCUT2D eigenvalue weighted by Crippen LogP contribution is 2.31. The van der Waals surface area contributed by atoms with Crippen LogP contribution in [0.15, 0.2) is 34.8 Å². The second-order valence-electron chi connectivity index (χ2n) is 5.47. The Hall–Kier alpha value is -1.19. The average molecular weight is 350 g/mol. The lowest BCUT2D eigenvalue weighted by molar-refractivity contribution is 0.556. The molecule has 1 atom stereocenters. The van der Waals surface area contributed by atoms with Gasteiger partial charge in [-0.1, -0.05) is 46.6 Å². The maximum absolute atomic E-state index is 14.4. The summed E-state index contributed by atoms with van der Waals surface area (Å²) >= 11 is 3.32. The van der Waals surface area contributed by atoms with Gasteiger partial charge in [-0.05, 0) is 56.1 Å². The molecule has 1 nitrogen and oxygen atoms in total. The number of hydrogen-bond donors (Lipinski definition) is 1. The summed E-state index contributed by atoms with van der Waals surface area (Å²) < 4.78 is 15.1. The van der Waals surface area contributed by atoms with Crippen molar-refractivity contribution in [3.8, 4) is 0 Å². The fourth-order valence-electron chi connectivity index (χ4n) is 2.95. The first-order chi connectivity index (χ1) is 9.93. The van der Waals surface area contributed by atoms with Crippen LogP contribution in [-0.2, 0) is 0 Å². The molecule has 21 heavy (non-hydrogen) atoms. The molecule has 0 saturated heterocycles. The average Bonchev–Trinajstić information content (AvgIpc) is 2.37. The summed E-state index contributed by atoms with van der Waals surface area (Å²) in [6.45, 7) is 9.11. The quantitative estimate of drug-likeness (QED) is 0.798. The fourth-order valence-corrected chi connectivity index (χ4v) is 3.29. The smallest absolute Gasteiger partial charge is 0.129 e. The molecular weight excluding hydrogens is 329 g/mol. The van der Waals surface area contributed by atoms with Crippen molar-refractivity contribution in [1.29, 1.82) is 0 Å². The van der Waals surface area contributed by atoms with Gasteiger partial charge in [0.25, 0.3) is 0 Å². The van der Waals surface area contributed by atoms with Crippen LogP contribution < -0.4 is 5.32 Å². The van der Waals surface area contributed by atoms with Gasteiger partial charge in [0.1, 0.15) is 5.82 Å². The van der Waals surface area contributed by atoms with E-state index in [1.807, 2.05) is 19.1 Å². The predicted octanol–water partition coefficient (Wildman–Crippen LogP) is 5.21. The first kappa shape index (κ1) is 16.2. The van der Waals surface area contributed by atoms with Crippen molar-refractivity contribution >= 4 is 15.9 Å². The van der Waals surface area contributed by atoms with Gasteiger partial charge in [0, 0.05) is 10.0 Å². The van der Waals surface area contributed by atoms with Crippen molar-refractivity contribution in [3.05, 3.63) is 68.4 Å². The van der Waals surface area contributed by atoms with Crippen LogP contribution >= 0.6 is 15.9 Å². The van der Waals surface area contributed by atoms with E-state index in [0.29, 0.717) is 5.56 Å². The van der Waals surface area contributed by atoms with Gasteiger partial charge in [-0.25, -0.2) is 4.39 Å². The summed E-state index contributed by atoms with van der Waals surface area (Å²) in [5, 5.41) is 3.42. The first-order valence-electron chi connectivity index (χ1n) is 7.20. The van der Waals surface area contributed by atoms with Crippen LogP contribution in [0.2, 0.25) is 0 Å². The third kappa shape index (κ3) is 3.53. The van der Waals surface area contributed by atoms with Gasteiger partial charge in [-0.2, -0.15) is 0 Å². The Balaban J connectivity index is 2.59. The second kappa shape index (κ2) is 6.71. The molecule has 3 heteroatoms. The molecule has 2 rings (SSSR count). The van der Waals surface area contributed by atoms with Crippen molar-refractivity contribution in [2.45, 2.75) is 33.7 Å². The Bertz CT molecular complexity index is 629. The third-order valence-electron chi connectivity index (χ3n) is 3.71. The Morgan fingerprint density at radius 1 is 1.10 bits per heavy atom. The molecule has 0 heterocycles. The molecule has 0 bridgehead atoms. The SMILES string of the molecule is CCNC(c1ccc(Br)cc1F)c1c(C)cc(C)cc1C. The Labute approximate surface area is 134 Å². The highest BCUT2D eigenvalue weighted by Gasteiger charge is 2.21. The molecule has 0 aliphatic heterocycles. The molecule has 0 radical (unpaired) electrons. The molecule has 0 aliphatic rings. The highest BCUT2D eigenvalue weighted by atomic mass is 79.9. The molecule has 0 saturated carbocycles. The van der Waals surface area contributed by atoms with E-state index >= 15 is 0 Å². The number of benzene rings is 2. The molecule has 0 amide bonds. The van der Waals surface area contributed by atoms with Crippen LogP contribution in [0.25, 0.3) is 0 Å². The van der Waals surface area contributed by atoms with E-state index in [1.165, 1.54) is 28.3 Å². The molecule has 0 aromatic heterocycles. The third-order valence-corrected chi connectivity index (χ3v) is 4.20. The van der Waals surface area contributed by atoms with E-state index in [0.717, 1.165) is 11.0 Å². The second-order valence-corrected chi connectivity index (χ2v) is 6.38. The molecule has 2 aromatic carbocycles. The lowest BCUT2D eigenvalue weighted by Crippen LogP contribution is -2.24. The molecule has 0 fully saturated rings. The monoisotopic (exact) mass is 349 g/mol. The van der Waals surface area contributed by atoms with Crippen LogP contribution in [0.1, 0.15) is 40.8 Å². The Kier molecular flexibility index (Phi) is 5.17. The highest BCUT2D eigenvalue weighted by molar-refractivity contribution is 9.10. The lowest BCUT2D eigenvalue weighted by atomic mass is 9.89. The minimum absolute atomic E-state index is 0.122. The number of halogens is 2. The number of nitrogens with one attached hydrogen (secondary N) is 1. The fraction of sp³-hybridized carbons (Fsp3) is 0.333. The molecule has 1 unspecified atom stereocenters. The van der Waals surface area contributed by atoms with E-state index in [4.69, 9.17) is 0 Å². The van der Waals surface area contributed by atoms with Gasteiger partial charge < -0.3 is 5.32 Å². The maximum atomic E-state index is 14.4. The van der Waals surface area contributed by atoms with Crippen LogP contribution in [0, 0.1) is 26.6 Å². The zero-order valence-corrected chi connectivity index (χ0v) is 14.5. The van der Waals surface area contributed by atoms with Crippen molar-refractivity contribution in [3.63, 3.8) is 0 Å². The lowest BCUT2D eigenvalue weighted by Gasteiger charge is -2.24. The summed E-state index contributed by atoms with van der Waals surface area (Å²) in [4.78, 5) is 0. The van der Waals surface area contributed by atoms with Gasteiger partial charge in [0.05, 0.1) is 6.04 Å². The number of rotatable bonds is 4. The topological polar surface area (TPSA) is 12.0 Å². The summed E-state index contributed by atoms with van der Waals surface area (Å²) in [6, 6.07) is 9.46. The predicted molar refractivity (Wildman–Crippen MR) is 90.3 cm³/mol. The number of hydrogen-bond acceptors (Lipinski definition) is 1. The summed E-state index contributed by atoms with van der Waals surface area (Å²) in [5.41, 5.74) is 5.49. The Morgan fingerprint density at radius 3 is 2.24 bits per heavy atom. The first-order valence-corrected chi connectivity index (χ1v) is 7.99. The molecule has 112 valence electrons. The standard InChI is InChI=1S/C18H21BrFN/c1-5-21-18(15-7-6-14(19)10-16(15)20)17-12(3)8-11(2)9-13(17)4/h6-10,18,21H,5H2,1-4H3. The van der Waals surface area contributed by atoms with E-state index in [9.17, 15) is 4.39 Å². The van der Waals surface area contributed by atoms with Crippen LogP contribution in [0.3, 0.4) is 0 Å². The largest absolute Gasteiger partial charge is 0.306 e. The van der Waals surface area contributed by atoms with E-state index < -0.39 is 0 Å². The molecule has 2 aromatic rings. The minimum atomic E-state index is -0.185. The zero-order valence-electron chi connectivity index (χ0n) is 12.9. The number of aryl methyl sites for hydroxylation is 3. The van der Waals surface area contributed by atoms with Gasteiger partial charge in [0.15, 0.2) is 0 Å². The maximum Gasteiger partial charge on any atom is 0.129 e. The van der Waals surface area contributed by atoms with Gasteiger partial charge in [0.2, 0.25) is 0 Å².